The lowest BCUT2D eigenvalue weighted by molar-refractivity contribution is -0.164. The molecule has 5 aliphatic rings. The van der Waals surface area contributed by atoms with E-state index < -0.39 is 24.1 Å². The van der Waals surface area contributed by atoms with Crippen LogP contribution in [0.3, 0.4) is 0 Å². The maximum Gasteiger partial charge on any atom is 0.257 e. The lowest BCUT2D eigenvalue weighted by Crippen LogP contribution is -2.74. The van der Waals surface area contributed by atoms with Crippen LogP contribution in [0.1, 0.15) is 122 Å². The van der Waals surface area contributed by atoms with Gasteiger partial charge in [0.15, 0.2) is 6.23 Å². The number of nitrogens with zero attached hydrogens (tertiary/aromatic N) is 4. The van der Waals surface area contributed by atoms with E-state index in [0.29, 0.717) is 40.5 Å². The molecule has 62 heavy (non-hydrogen) atoms. The first-order valence-electron chi connectivity index (χ1n) is 22.3. The highest BCUT2D eigenvalue weighted by Crippen LogP contribution is 2.55. The molecule has 0 aromatic heterocycles. The number of rotatable bonds is 11. The molecule has 2 unspecified atom stereocenters. The number of likely N-dealkylation sites (tertiary alicyclic amines) is 1. The number of aliphatic hydroxyl groups is 1. The van der Waals surface area contributed by atoms with Gasteiger partial charge in [-0.2, -0.15) is 5.26 Å². The van der Waals surface area contributed by atoms with E-state index in [1.807, 2.05) is 38.1 Å². The number of fused-ring (bicyclic) bond motifs is 1. The molecule has 8 rings (SSSR count). The van der Waals surface area contributed by atoms with E-state index in [2.05, 4.69) is 66.3 Å². The first-order valence-corrected chi connectivity index (χ1v) is 22.3. The number of hydrogen-bond acceptors (Lipinski definition) is 10. The Bertz CT molecular complexity index is 2240. The van der Waals surface area contributed by atoms with Crippen molar-refractivity contribution >= 4 is 29.3 Å². The molecule has 0 radical (unpaired) electrons. The van der Waals surface area contributed by atoms with Gasteiger partial charge in [0.2, 0.25) is 11.8 Å². The standard InChI is InChI=1S/C49H60N6O7/c1-29-23-36(24-30(2)39(29)26-50)62-47-48(3,4)46(49(47,5)6)52-42(57)32-10-12-33(13-11-32)53-21-18-31(19-22-53)27-54-20-8-7-9-34(54)28-61-35-14-15-37-38(25-35)45(60)55(44(37)59)40-16-17-41(56)51-43(40)58/h10-15,23-25,31,34,40,44,46-47,59H,7-9,16-22,27-28H2,1-6H3,(H,52,57)(H,51,56,58)/t34-,40?,44?,46?,47?/m1/s1. The van der Waals surface area contributed by atoms with Gasteiger partial charge in [-0.1, -0.05) is 40.2 Å². The lowest BCUT2D eigenvalue weighted by Gasteiger charge is -2.63. The second kappa shape index (κ2) is 17.0. The fourth-order valence-corrected chi connectivity index (χ4v) is 11.2. The average Bonchev–Trinajstić information content (AvgIpc) is 3.49. The SMILES string of the molecule is Cc1cc(OC2C(C)(C)C(NC(=O)c3ccc(N4CCC(CN5CCCC[C@@H]5COc5ccc6c(c5)C(=O)N(C5CCC(=O)NC5=O)C6O)CC4)cc3)C2(C)C)cc(C)c1C#N. The maximum absolute atomic E-state index is 13.6. The van der Waals surface area contributed by atoms with Gasteiger partial charge < -0.3 is 24.8 Å². The molecule has 3 N–H and O–H groups in total. The second-order valence-electron chi connectivity index (χ2n) is 19.3. The fraction of sp³-hybridized carbons (Fsp3) is 0.531. The Hall–Kier alpha value is -5.45. The molecule has 4 aliphatic heterocycles. The number of piperidine rings is 3. The fourth-order valence-electron chi connectivity index (χ4n) is 11.2. The van der Waals surface area contributed by atoms with Crippen molar-refractivity contribution in [3.63, 3.8) is 0 Å². The summed E-state index contributed by atoms with van der Waals surface area (Å²) in [5, 5.41) is 26.1. The number of imide groups is 1. The van der Waals surface area contributed by atoms with Crippen LogP contribution in [0.4, 0.5) is 5.69 Å². The molecule has 13 heteroatoms. The molecule has 0 spiro atoms. The molecule has 4 fully saturated rings. The molecule has 1 aliphatic carbocycles. The van der Waals surface area contributed by atoms with Gasteiger partial charge in [-0.3, -0.25) is 34.3 Å². The van der Waals surface area contributed by atoms with Gasteiger partial charge in [0.05, 0.1) is 17.2 Å². The largest absolute Gasteiger partial charge is 0.492 e. The Labute approximate surface area is 364 Å². The topological polar surface area (TPSA) is 165 Å². The third kappa shape index (κ3) is 8.15. The number of amides is 4. The van der Waals surface area contributed by atoms with Crippen LogP contribution >= 0.6 is 0 Å². The molecule has 3 atom stereocenters. The van der Waals surface area contributed by atoms with Gasteiger partial charge in [-0.05, 0) is 118 Å². The van der Waals surface area contributed by atoms with E-state index in [-0.39, 0.29) is 53.7 Å². The first kappa shape index (κ1) is 43.2. The van der Waals surface area contributed by atoms with E-state index in [4.69, 9.17) is 9.47 Å². The third-order valence-corrected chi connectivity index (χ3v) is 14.4. The number of aliphatic hydroxyl groups excluding tert-OH is 1. The summed E-state index contributed by atoms with van der Waals surface area (Å²) in [7, 11) is 0. The van der Waals surface area contributed by atoms with E-state index >= 15 is 0 Å². The van der Waals surface area contributed by atoms with Crippen molar-refractivity contribution in [3.8, 4) is 17.6 Å². The number of carbonyl (C=O) groups excluding carboxylic acids is 4. The lowest BCUT2D eigenvalue weighted by atomic mass is 9.49. The quantitative estimate of drug-likeness (QED) is 0.190. The highest BCUT2D eigenvalue weighted by Gasteiger charge is 2.64. The highest BCUT2D eigenvalue weighted by atomic mass is 16.5. The summed E-state index contributed by atoms with van der Waals surface area (Å²) in [5.74, 6) is 0.381. The van der Waals surface area contributed by atoms with E-state index in [1.165, 1.54) is 4.90 Å². The molecular formula is C49H60N6O7. The van der Waals surface area contributed by atoms with Gasteiger partial charge in [0.25, 0.3) is 11.8 Å². The third-order valence-electron chi connectivity index (χ3n) is 14.4. The Morgan fingerprint density at radius 2 is 1.60 bits per heavy atom. The summed E-state index contributed by atoms with van der Waals surface area (Å²) >= 11 is 0. The zero-order chi connectivity index (χ0) is 44.1. The Balaban J connectivity index is 0.811. The van der Waals surface area contributed by atoms with Crippen molar-refractivity contribution in [1.82, 2.24) is 20.4 Å². The molecule has 4 heterocycles. The van der Waals surface area contributed by atoms with Crippen LogP contribution in [0.5, 0.6) is 11.5 Å². The van der Waals surface area contributed by atoms with Crippen LogP contribution in [-0.4, -0.2) is 95.6 Å². The first-order chi connectivity index (χ1) is 29.6. The van der Waals surface area contributed by atoms with Crippen molar-refractivity contribution in [3.05, 3.63) is 88.0 Å². The summed E-state index contributed by atoms with van der Waals surface area (Å²) in [4.78, 5) is 57.3. The van der Waals surface area contributed by atoms with Gasteiger partial charge in [-0.25, -0.2) is 0 Å². The van der Waals surface area contributed by atoms with Crippen molar-refractivity contribution in [2.75, 3.05) is 37.7 Å². The van der Waals surface area contributed by atoms with Crippen LogP contribution in [0, 0.1) is 41.9 Å². The number of nitriles is 1. The normalized spacial score (nSPS) is 26.0. The summed E-state index contributed by atoms with van der Waals surface area (Å²) in [6, 6.07) is 18.5. The number of aryl methyl sites for hydroxylation is 2. The Morgan fingerprint density at radius 1 is 0.903 bits per heavy atom. The van der Waals surface area contributed by atoms with Gasteiger partial charge in [0.1, 0.15) is 30.3 Å². The molecule has 0 bridgehead atoms. The average molecular weight is 845 g/mol. The van der Waals surface area contributed by atoms with Crippen molar-refractivity contribution in [1.29, 1.82) is 5.26 Å². The summed E-state index contributed by atoms with van der Waals surface area (Å²) < 4.78 is 12.9. The van der Waals surface area contributed by atoms with Crippen molar-refractivity contribution < 1.29 is 33.8 Å². The number of carbonyl (C=O) groups is 4. The van der Waals surface area contributed by atoms with Crippen LogP contribution in [-0.2, 0) is 9.59 Å². The minimum atomic E-state index is -1.26. The predicted octanol–water partition coefficient (Wildman–Crippen LogP) is 6.19. The summed E-state index contributed by atoms with van der Waals surface area (Å²) in [5.41, 5.74) is 4.34. The molecule has 3 saturated heterocycles. The van der Waals surface area contributed by atoms with Crippen LogP contribution < -0.4 is 25.0 Å². The van der Waals surface area contributed by atoms with Crippen molar-refractivity contribution in [2.24, 2.45) is 16.7 Å². The predicted molar refractivity (Wildman–Crippen MR) is 234 cm³/mol. The summed E-state index contributed by atoms with van der Waals surface area (Å²) in [6.07, 6.45) is 4.37. The van der Waals surface area contributed by atoms with Crippen LogP contribution in [0.15, 0.2) is 54.6 Å². The van der Waals surface area contributed by atoms with Crippen LogP contribution in [0.25, 0.3) is 0 Å². The smallest absolute Gasteiger partial charge is 0.257 e. The molecular weight excluding hydrogens is 785 g/mol. The monoisotopic (exact) mass is 844 g/mol. The van der Waals surface area contributed by atoms with E-state index in [1.54, 1.807) is 18.2 Å². The Kier molecular flexibility index (Phi) is 11.9. The number of nitrogens with one attached hydrogen (secondary N) is 2. The molecule has 3 aromatic rings. The molecule has 3 aromatic carbocycles. The van der Waals surface area contributed by atoms with Gasteiger partial charge in [-0.15, -0.1) is 0 Å². The molecule has 13 nitrogen and oxygen atoms in total. The van der Waals surface area contributed by atoms with Gasteiger partial charge in [0, 0.05) is 65.8 Å². The van der Waals surface area contributed by atoms with Gasteiger partial charge >= 0.3 is 0 Å². The van der Waals surface area contributed by atoms with Crippen molar-refractivity contribution in [2.45, 2.75) is 117 Å². The molecule has 328 valence electrons. The number of hydrogen-bond donors (Lipinski definition) is 3. The number of benzene rings is 3. The molecule has 1 saturated carbocycles. The minimum Gasteiger partial charge on any atom is -0.492 e. The maximum atomic E-state index is 13.6. The zero-order valence-corrected chi connectivity index (χ0v) is 36.8. The number of ether oxygens (including phenoxy) is 2. The number of anilines is 1. The second-order valence-corrected chi connectivity index (χ2v) is 19.3. The summed E-state index contributed by atoms with van der Waals surface area (Å²) in [6.45, 7) is 16.8. The highest BCUT2D eigenvalue weighted by molar-refractivity contribution is 6.05. The van der Waals surface area contributed by atoms with E-state index in [0.717, 1.165) is 80.8 Å². The van der Waals surface area contributed by atoms with Crippen LogP contribution in [0.2, 0.25) is 0 Å². The zero-order valence-electron chi connectivity index (χ0n) is 36.8. The molecule has 4 amide bonds. The minimum absolute atomic E-state index is 0.0927. The Morgan fingerprint density at radius 3 is 2.26 bits per heavy atom. The van der Waals surface area contributed by atoms with E-state index in [9.17, 15) is 29.5 Å².